The van der Waals surface area contributed by atoms with Crippen LogP contribution in [0.25, 0.3) is 0 Å². The van der Waals surface area contributed by atoms with Crippen molar-refractivity contribution in [2.45, 2.75) is 25.8 Å². The molecule has 3 rings (SSSR count). The highest BCUT2D eigenvalue weighted by molar-refractivity contribution is 6.32. The quantitative estimate of drug-likeness (QED) is 0.858. The monoisotopic (exact) mass is 321 g/mol. The first-order valence-corrected chi connectivity index (χ1v) is 7.87. The van der Waals surface area contributed by atoms with Gasteiger partial charge in [0, 0.05) is 16.8 Å². The maximum atomic E-state index is 6.22. The van der Waals surface area contributed by atoms with Crippen molar-refractivity contribution in [3.8, 4) is 5.75 Å². The summed E-state index contributed by atoms with van der Waals surface area (Å²) in [6.45, 7) is 2.56. The molecule has 0 aromatic heterocycles. The van der Waals surface area contributed by atoms with Crippen LogP contribution in [-0.4, -0.2) is 12.6 Å². The van der Waals surface area contributed by atoms with Crippen LogP contribution < -0.4 is 10.1 Å². The molecule has 2 aromatic rings. The molecule has 0 radical (unpaired) electrons. The third-order valence-corrected chi connectivity index (χ3v) is 4.23. The summed E-state index contributed by atoms with van der Waals surface area (Å²) in [7, 11) is 0. The van der Waals surface area contributed by atoms with Crippen LogP contribution in [0.1, 0.15) is 18.1 Å². The number of nitrogens with one attached hydrogen (secondary N) is 1. The Morgan fingerprint density at radius 2 is 1.90 bits per heavy atom. The summed E-state index contributed by atoms with van der Waals surface area (Å²) in [5.41, 5.74) is 3.72. The number of halogens is 2. The molecule has 1 aliphatic rings. The third-order valence-electron chi connectivity index (χ3n) is 3.70. The lowest BCUT2D eigenvalue weighted by Gasteiger charge is -2.15. The second-order valence-electron chi connectivity index (χ2n) is 5.24. The first kappa shape index (κ1) is 14.6. The molecule has 0 aliphatic heterocycles. The van der Waals surface area contributed by atoms with Crippen molar-refractivity contribution >= 4 is 28.9 Å². The number of hydrogen-bond acceptors (Lipinski definition) is 2. The lowest BCUT2D eigenvalue weighted by atomic mass is 10.1. The Morgan fingerprint density at radius 3 is 2.67 bits per heavy atom. The Bertz CT molecular complexity index is 657. The average Bonchev–Trinajstić information content (AvgIpc) is 2.83. The van der Waals surface area contributed by atoms with E-state index in [-0.39, 0.29) is 0 Å². The van der Waals surface area contributed by atoms with E-state index in [2.05, 4.69) is 17.4 Å². The number of hydrogen-bond donors (Lipinski definition) is 1. The molecule has 1 atom stereocenters. The molecule has 2 aromatic carbocycles. The number of rotatable bonds is 4. The van der Waals surface area contributed by atoms with Crippen molar-refractivity contribution in [3.05, 3.63) is 57.6 Å². The molecule has 110 valence electrons. The summed E-state index contributed by atoms with van der Waals surface area (Å²) in [6.07, 6.45) is 2.00. The zero-order valence-electron chi connectivity index (χ0n) is 11.8. The molecule has 21 heavy (non-hydrogen) atoms. The number of benzene rings is 2. The SMILES string of the molecule is CCOc1ccc(NC2Cc3ccc(Cl)cc3C2)cc1Cl. The second-order valence-corrected chi connectivity index (χ2v) is 6.08. The van der Waals surface area contributed by atoms with Crippen LogP contribution in [0.2, 0.25) is 10.0 Å². The smallest absolute Gasteiger partial charge is 0.138 e. The number of ether oxygens (including phenoxy) is 1. The van der Waals surface area contributed by atoms with Gasteiger partial charge in [-0.2, -0.15) is 0 Å². The van der Waals surface area contributed by atoms with Crippen LogP contribution in [0, 0.1) is 0 Å². The molecule has 0 saturated heterocycles. The van der Waals surface area contributed by atoms with Crippen LogP contribution in [0.5, 0.6) is 5.75 Å². The molecule has 1 N–H and O–H groups in total. The molecular weight excluding hydrogens is 305 g/mol. The standard InChI is InChI=1S/C17H17Cl2NO/c1-2-21-17-6-5-14(10-16(17)19)20-15-8-11-3-4-13(18)7-12(11)9-15/h3-7,10,15,20H,2,8-9H2,1H3. The van der Waals surface area contributed by atoms with Gasteiger partial charge in [-0.25, -0.2) is 0 Å². The van der Waals surface area contributed by atoms with Gasteiger partial charge in [0.15, 0.2) is 0 Å². The van der Waals surface area contributed by atoms with Crippen LogP contribution in [0.15, 0.2) is 36.4 Å². The minimum Gasteiger partial charge on any atom is -0.492 e. The first-order valence-electron chi connectivity index (χ1n) is 7.12. The Kier molecular flexibility index (Phi) is 4.27. The zero-order valence-corrected chi connectivity index (χ0v) is 13.3. The highest BCUT2D eigenvalue weighted by atomic mass is 35.5. The molecule has 1 unspecified atom stereocenters. The van der Waals surface area contributed by atoms with E-state index in [0.29, 0.717) is 17.7 Å². The summed E-state index contributed by atoms with van der Waals surface area (Å²) < 4.78 is 5.45. The topological polar surface area (TPSA) is 21.3 Å². The minimum atomic E-state index is 0.382. The number of anilines is 1. The van der Waals surface area contributed by atoms with Crippen molar-refractivity contribution in [1.29, 1.82) is 0 Å². The molecule has 0 spiro atoms. The predicted octanol–water partition coefficient (Wildman–Crippen LogP) is 4.97. The van der Waals surface area contributed by atoms with E-state index in [4.69, 9.17) is 27.9 Å². The molecule has 0 amide bonds. The summed E-state index contributed by atoms with van der Waals surface area (Å²) >= 11 is 12.3. The van der Waals surface area contributed by atoms with E-state index >= 15 is 0 Å². The van der Waals surface area contributed by atoms with E-state index in [1.807, 2.05) is 31.2 Å². The first-order chi connectivity index (χ1) is 10.2. The van der Waals surface area contributed by atoms with Gasteiger partial charge in [-0.05, 0) is 61.2 Å². The van der Waals surface area contributed by atoms with Gasteiger partial charge in [0.25, 0.3) is 0 Å². The lowest BCUT2D eigenvalue weighted by Crippen LogP contribution is -2.19. The highest BCUT2D eigenvalue weighted by Crippen LogP contribution is 2.31. The summed E-state index contributed by atoms with van der Waals surface area (Å²) in [5, 5.41) is 4.98. The molecule has 1 aliphatic carbocycles. The van der Waals surface area contributed by atoms with Crippen LogP contribution in [0.3, 0.4) is 0 Å². The van der Waals surface area contributed by atoms with E-state index in [9.17, 15) is 0 Å². The van der Waals surface area contributed by atoms with Crippen molar-refractivity contribution in [2.24, 2.45) is 0 Å². The van der Waals surface area contributed by atoms with Gasteiger partial charge in [0.1, 0.15) is 5.75 Å². The lowest BCUT2D eigenvalue weighted by molar-refractivity contribution is 0.340. The van der Waals surface area contributed by atoms with Gasteiger partial charge in [-0.3, -0.25) is 0 Å². The Hall–Kier alpha value is -1.38. The maximum Gasteiger partial charge on any atom is 0.138 e. The van der Waals surface area contributed by atoms with E-state index < -0.39 is 0 Å². The van der Waals surface area contributed by atoms with Crippen molar-refractivity contribution in [2.75, 3.05) is 11.9 Å². The van der Waals surface area contributed by atoms with Crippen molar-refractivity contribution in [3.63, 3.8) is 0 Å². The maximum absolute atomic E-state index is 6.22. The average molecular weight is 322 g/mol. The summed E-state index contributed by atoms with van der Waals surface area (Å²) in [6, 6.07) is 12.3. The van der Waals surface area contributed by atoms with Crippen molar-refractivity contribution < 1.29 is 4.74 Å². The van der Waals surface area contributed by atoms with Gasteiger partial charge >= 0.3 is 0 Å². The molecule has 0 bridgehead atoms. The Morgan fingerprint density at radius 1 is 1.10 bits per heavy atom. The predicted molar refractivity (Wildman–Crippen MR) is 88.9 cm³/mol. The van der Waals surface area contributed by atoms with Gasteiger partial charge in [0.2, 0.25) is 0 Å². The van der Waals surface area contributed by atoms with E-state index in [1.54, 1.807) is 0 Å². The molecule has 4 heteroatoms. The minimum absolute atomic E-state index is 0.382. The molecule has 0 saturated carbocycles. The Labute approximate surface area is 135 Å². The van der Waals surface area contributed by atoms with Crippen LogP contribution >= 0.6 is 23.2 Å². The van der Waals surface area contributed by atoms with E-state index in [0.717, 1.165) is 29.3 Å². The second kappa shape index (κ2) is 6.17. The highest BCUT2D eigenvalue weighted by Gasteiger charge is 2.21. The fourth-order valence-electron chi connectivity index (χ4n) is 2.79. The fourth-order valence-corrected chi connectivity index (χ4v) is 3.22. The molecule has 2 nitrogen and oxygen atoms in total. The summed E-state index contributed by atoms with van der Waals surface area (Å²) in [5.74, 6) is 0.728. The molecule has 0 fully saturated rings. The van der Waals surface area contributed by atoms with Crippen molar-refractivity contribution in [1.82, 2.24) is 0 Å². The van der Waals surface area contributed by atoms with E-state index in [1.165, 1.54) is 11.1 Å². The summed E-state index contributed by atoms with van der Waals surface area (Å²) in [4.78, 5) is 0. The molecule has 0 heterocycles. The van der Waals surface area contributed by atoms with Crippen LogP contribution in [0.4, 0.5) is 5.69 Å². The molecular formula is C17H17Cl2NO. The zero-order chi connectivity index (χ0) is 14.8. The van der Waals surface area contributed by atoms with Gasteiger partial charge in [-0.15, -0.1) is 0 Å². The largest absolute Gasteiger partial charge is 0.492 e. The van der Waals surface area contributed by atoms with Gasteiger partial charge in [0.05, 0.1) is 11.6 Å². The van der Waals surface area contributed by atoms with Crippen LogP contribution in [-0.2, 0) is 12.8 Å². The fraction of sp³-hybridized carbons (Fsp3) is 0.294. The normalized spacial score (nSPS) is 16.6. The Balaban J connectivity index is 1.70. The third kappa shape index (κ3) is 3.28. The van der Waals surface area contributed by atoms with Gasteiger partial charge in [-0.1, -0.05) is 29.3 Å². The van der Waals surface area contributed by atoms with Gasteiger partial charge < -0.3 is 10.1 Å². The number of fused-ring (bicyclic) bond motifs is 1.